The molecule has 15 heteroatoms. The first-order chi connectivity index (χ1) is 30.3. The van der Waals surface area contributed by atoms with Gasteiger partial charge in [0.2, 0.25) is 5.75 Å². The number of aromatic nitrogens is 2. The summed E-state index contributed by atoms with van der Waals surface area (Å²) >= 11 is 6.23. The molecular weight excluding hydrogens is 844 g/mol. The quantitative estimate of drug-likeness (QED) is 0.0882. The Morgan fingerprint density at radius 1 is 0.762 bits per heavy atom. The monoisotopic (exact) mass is 896 g/mol. The summed E-state index contributed by atoms with van der Waals surface area (Å²) in [5, 5.41) is 8.02. The van der Waals surface area contributed by atoms with Gasteiger partial charge in [-0.1, -0.05) is 66.2 Å². The SMILES string of the molecule is COCCCN(C(=O)c1ccc(-n2nc(C)c(Cl)c2C)cc1)S(=O)(=O)c1ccc(OC)cc1.COc1ccc(C(=O)NC(C)Cc2ccc(-c3ccccc3)cc2)c(OC)c1OC. The highest BCUT2D eigenvalue weighted by atomic mass is 35.5. The summed E-state index contributed by atoms with van der Waals surface area (Å²) in [5.41, 5.74) is 6.34. The molecular formula is C48H53ClN4O9S. The summed E-state index contributed by atoms with van der Waals surface area (Å²) in [7, 11) is 3.50. The summed E-state index contributed by atoms with van der Waals surface area (Å²) < 4.78 is 55.4. The summed E-state index contributed by atoms with van der Waals surface area (Å²) in [5.74, 6) is 0.940. The second kappa shape index (κ2) is 22.1. The summed E-state index contributed by atoms with van der Waals surface area (Å²) in [6, 6.07) is 34.5. The molecule has 0 aliphatic rings. The molecule has 0 aliphatic carbocycles. The molecule has 0 bridgehead atoms. The topological polar surface area (TPSA) is 148 Å². The van der Waals surface area contributed by atoms with E-state index in [1.807, 2.05) is 39.0 Å². The van der Waals surface area contributed by atoms with Gasteiger partial charge in [-0.15, -0.1) is 0 Å². The highest BCUT2D eigenvalue weighted by Crippen LogP contribution is 2.39. The molecule has 2 amide bonds. The van der Waals surface area contributed by atoms with E-state index in [1.54, 1.807) is 60.3 Å². The normalized spacial score (nSPS) is 11.4. The van der Waals surface area contributed by atoms with Gasteiger partial charge in [-0.3, -0.25) is 9.59 Å². The van der Waals surface area contributed by atoms with Crippen molar-refractivity contribution in [1.82, 2.24) is 19.4 Å². The van der Waals surface area contributed by atoms with Crippen molar-refractivity contribution >= 4 is 33.4 Å². The number of nitrogens with one attached hydrogen (secondary N) is 1. The van der Waals surface area contributed by atoms with Gasteiger partial charge in [0.25, 0.3) is 21.8 Å². The molecule has 0 spiro atoms. The fraction of sp³-hybridized carbons (Fsp3) is 0.271. The zero-order valence-corrected chi connectivity index (χ0v) is 38.2. The number of nitrogens with zero attached hydrogens (tertiary/aromatic N) is 3. The van der Waals surface area contributed by atoms with Crippen LogP contribution in [0.4, 0.5) is 0 Å². The van der Waals surface area contributed by atoms with E-state index in [0.29, 0.717) is 58.0 Å². The van der Waals surface area contributed by atoms with Crippen molar-refractivity contribution < 1.29 is 41.7 Å². The van der Waals surface area contributed by atoms with E-state index in [4.69, 9.17) is 35.3 Å². The number of aryl methyl sites for hydroxylation is 1. The van der Waals surface area contributed by atoms with Crippen LogP contribution in [0.3, 0.4) is 0 Å². The number of carbonyl (C=O) groups excluding carboxylic acids is 2. The van der Waals surface area contributed by atoms with Gasteiger partial charge in [-0.05, 0) is 111 Å². The fourth-order valence-corrected chi connectivity index (χ4v) is 8.32. The van der Waals surface area contributed by atoms with Gasteiger partial charge in [0.1, 0.15) is 5.75 Å². The minimum atomic E-state index is -4.09. The molecule has 1 aromatic heterocycles. The van der Waals surface area contributed by atoms with E-state index in [9.17, 15) is 18.0 Å². The first-order valence-corrected chi connectivity index (χ1v) is 21.9. The Balaban J connectivity index is 0.000000239. The van der Waals surface area contributed by atoms with E-state index in [-0.39, 0.29) is 29.0 Å². The van der Waals surface area contributed by atoms with Crippen molar-refractivity contribution in [2.24, 2.45) is 0 Å². The average Bonchev–Trinajstić information content (AvgIpc) is 3.57. The van der Waals surface area contributed by atoms with Crippen molar-refractivity contribution in [1.29, 1.82) is 0 Å². The molecule has 6 aromatic rings. The lowest BCUT2D eigenvalue weighted by Gasteiger charge is -2.23. The first-order valence-electron chi connectivity index (χ1n) is 20.0. The average molecular weight is 897 g/mol. The number of amides is 2. The van der Waals surface area contributed by atoms with Crippen molar-refractivity contribution in [2.45, 2.75) is 44.6 Å². The Labute approximate surface area is 374 Å². The summed E-state index contributed by atoms with van der Waals surface area (Å²) in [4.78, 5) is 26.1. The van der Waals surface area contributed by atoms with Crippen LogP contribution in [-0.2, 0) is 21.2 Å². The third-order valence-corrected chi connectivity index (χ3v) is 12.4. The lowest BCUT2D eigenvalue weighted by molar-refractivity contribution is 0.0849. The van der Waals surface area contributed by atoms with Gasteiger partial charge in [-0.2, -0.15) is 5.10 Å². The van der Waals surface area contributed by atoms with Crippen LogP contribution in [0.15, 0.2) is 120 Å². The standard InChI is InChI=1S/C25H27NO4.C23H26ClN3O5S/c1-17(16-18-10-12-20(13-11-18)19-8-6-5-7-9-19)26-25(27)21-14-15-22(28-2)24(30-4)23(21)29-3;1-16-22(24)17(2)27(25-16)19-8-6-18(7-9-19)23(28)26(14-5-15-31-3)33(29,30)21-12-10-20(32-4)11-13-21/h5-15,17H,16H2,1-4H3,(H,26,27);6-13H,5,14-15H2,1-4H3. The summed E-state index contributed by atoms with van der Waals surface area (Å²) in [6.45, 7) is 5.94. The zero-order chi connectivity index (χ0) is 45.7. The number of carbonyl (C=O) groups is 2. The van der Waals surface area contributed by atoms with Crippen LogP contribution in [0.25, 0.3) is 16.8 Å². The number of benzene rings is 5. The van der Waals surface area contributed by atoms with Crippen LogP contribution in [0.2, 0.25) is 5.02 Å². The van der Waals surface area contributed by atoms with Crippen LogP contribution >= 0.6 is 11.6 Å². The molecule has 1 atom stereocenters. The van der Waals surface area contributed by atoms with E-state index >= 15 is 0 Å². The van der Waals surface area contributed by atoms with Crippen LogP contribution in [0.5, 0.6) is 23.0 Å². The highest BCUT2D eigenvalue weighted by molar-refractivity contribution is 7.89. The third-order valence-electron chi connectivity index (χ3n) is 10.1. The predicted molar refractivity (Wildman–Crippen MR) is 244 cm³/mol. The molecule has 5 aromatic carbocycles. The molecule has 0 fully saturated rings. The minimum Gasteiger partial charge on any atom is -0.497 e. The number of halogens is 1. The highest BCUT2D eigenvalue weighted by Gasteiger charge is 2.30. The number of rotatable bonds is 17. The largest absolute Gasteiger partial charge is 0.497 e. The van der Waals surface area contributed by atoms with Crippen molar-refractivity contribution in [3.8, 4) is 39.8 Å². The van der Waals surface area contributed by atoms with Crippen molar-refractivity contribution in [3.05, 3.63) is 148 Å². The minimum absolute atomic E-state index is 0.00275. The van der Waals surface area contributed by atoms with Gasteiger partial charge >= 0.3 is 0 Å². The van der Waals surface area contributed by atoms with Gasteiger partial charge in [0, 0.05) is 31.9 Å². The zero-order valence-electron chi connectivity index (χ0n) is 36.7. The van der Waals surface area contributed by atoms with Crippen molar-refractivity contribution in [3.63, 3.8) is 0 Å². The smallest absolute Gasteiger partial charge is 0.267 e. The Bertz CT molecular complexity index is 2570. The van der Waals surface area contributed by atoms with E-state index in [1.165, 1.54) is 51.7 Å². The lowest BCUT2D eigenvalue weighted by Crippen LogP contribution is -2.38. The van der Waals surface area contributed by atoms with Crippen LogP contribution < -0.4 is 24.3 Å². The Hall–Kier alpha value is -6.35. The van der Waals surface area contributed by atoms with Crippen LogP contribution in [0, 0.1) is 13.8 Å². The molecule has 0 aliphatic heterocycles. The number of sulfonamides is 1. The molecule has 1 unspecified atom stereocenters. The lowest BCUT2D eigenvalue weighted by atomic mass is 10.0. The van der Waals surface area contributed by atoms with Gasteiger partial charge in [0.05, 0.1) is 61.0 Å². The van der Waals surface area contributed by atoms with Gasteiger partial charge in [-0.25, -0.2) is 17.4 Å². The Morgan fingerprint density at radius 2 is 1.40 bits per heavy atom. The Morgan fingerprint density at radius 3 is 1.95 bits per heavy atom. The van der Waals surface area contributed by atoms with Crippen LogP contribution in [-0.4, -0.2) is 89.1 Å². The first kappa shape index (κ1) is 47.7. The number of ether oxygens (including phenoxy) is 5. The van der Waals surface area contributed by atoms with Gasteiger partial charge < -0.3 is 29.0 Å². The maximum absolute atomic E-state index is 13.3. The molecule has 6 rings (SSSR count). The second-order valence-corrected chi connectivity index (χ2v) is 16.6. The molecule has 0 saturated carbocycles. The van der Waals surface area contributed by atoms with E-state index in [0.717, 1.165) is 22.0 Å². The summed E-state index contributed by atoms with van der Waals surface area (Å²) in [6.07, 6.45) is 1.08. The molecule has 332 valence electrons. The van der Waals surface area contributed by atoms with Gasteiger partial charge in [0.15, 0.2) is 11.5 Å². The number of hydrogen-bond acceptors (Lipinski definition) is 10. The Kier molecular flexibility index (Phi) is 16.8. The number of methoxy groups -OCH3 is 5. The molecule has 0 saturated heterocycles. The second-order valence-electron chi connectivity index (χ2n) is 14.4. The molecule has 13 nitrogen and oxygen atoms in total. The molecule has 63 heavy (non-hydrogen) atoms. The molecule has 0 radical (unpaired) electrons. The van der Waals surface area contributed by atoms with Crippen LogP contribution in [0.1, 0.15) is 51.0 Å². The maximum Gasteiger partial charge on any atom is 0.267 e. The van der Waals surface area contributed by atoms with Crippen molar-refractivity contribution in [2.75, 3.05) is 48.7 Å². The maximum atomic E-state index is 13.3. The fourth-order valence-electron chi connectivity index (χ4n) is 6.77. The van der Waals surface area contributed by atoms with E-state index < -0.39 is 15.9 Å². The predicted octanol–water partition coefficient (Wildman–Crippen LogP) is 8.76. The molecule has 1 heterocycles. The van der Waals surface area contributed by atoms with E-state index in [2.05, 4.69) is 46.8 Å². The molecule has 1 N–H and O–H groups in total. The number of hydrogen-bond donors (Lipinski definition) is 1. The third kappa shape index (κ3) is 11.6.